The first kappa shape index (κ1) is 20.0. The molecule has 0 aliphatic heterocycles. The van der Waals surface area contributed by atoms with Crippen molar-refractivity contribution in [2.45, 2.75) is 11.6 Å². The molecule has 30 heavy (non-hydrogen) atoms. The van der Waals surface area contributed by atoms with Crippen molar-refractivity contribution in [1.82, 2.24) is 14.8 Å². The van der Waals surface area contributed by atoms with Gasteiger partial charge in [-0.1, -0.05) is 60.3 Å². The van der Waals surface area contributed by atoms with E-state index in [0.29, 0.717) is 11.5 Å². The maximum atomic E-state index is 5.48. The van der Waals surface area contributed by atoms with Gasteiger partial charge < -0.3 is 9.47 Å². The van der Waals surface area contributed by atoms with Crippen molar-refractivity contribution < 1.29 is 9.47 Å². The van der Waals surface area contributed by atoms with Crippen molar-refractivity contribution in [3.63, 3.8) is 0 Å². The van der Waals surface area contributed by atoms with E-state index in [0.717, 1.165) is 34.4 Å². The first-order chi connectivity index (χ1) is 14.8. The number of aromatic nitrogens is 3. The van der Waals surface area contributed by atoms with Crippen LogP contribution in [-0.2, 0) is 6.42 Å². The number of nitrogens with zero attached hydrogens (tertiary/aromatic N) is 3. The van der Waals surface area contributed by atoms with Crippen LogP contribution in [0.4, 0.5) is 0 Å². The van der Waals surface area contributed by atoms with Gasteiger partial charge in [-0.15, -0.1) is 10.2 Å². The second-order valence-electron chi connectivity index (χ2n) is 6.63. The summed E-state index contributed by atoms with van der Waals surface area (Å²) in [6, 6.07) is 26.5. The zero-order chi connectivity index (χ0) is 20.8. The van der Waals surface area contributed by atoms with E-state index in [1.54, 1.807) is 26.0 Å². The molecule has 4 rings (SSSR count). The van der Waals surface area contributed by atoms with Gasteiger partial charge >= 0.3 is 0 Å². The number of hydrogen-bond donors (Lipinski definition) is 0. The zero-order valence-corrected chi connectivity index (χ0v) is 17.8. The lowest BCUT2D eigenvalue weighted by Crippen LogP contribution is -2.01. The number of hydrogen-bond acceptors (Lipinski definition) is 5. The summed E-state index contributed by atoms with van der Waals surface area (Å²) in [6.45, 7) is 0. The molecule has 1 heterocycles. The molecule has 0 atom stereocenters. The fraction of sp³-hybridized carbons (Fsp3) is 0.167. The van der Waals surface area contributed by atoms with Crippen molar-refractivity contribution in [2.75, 3.05) is 20.0 Å². The van der Waals surface area contributed by atoms with Crippen molar-refractivity contribution in [3.8, 4) is 28.6 Å². The van der Waals surface area contributed by atoms with Gasteiger partial charge in [0.1, 0.15) is 0 Å². The lowest BCUT2D eigenvalue weighted by Gasteiger charge is -2.12. The van der Waals surface area contributed by atoms with Crippen LogP contribution in [0.15, 0.2) is 84.0 Å². The first-order valence-electron chi connectivity index (χ1n) is 9.70. The van der Waals surface area contributed by atoms with Crippen molar-refractivity contribution in [2.24, 2.45) is 0 Å². The molecular weight excluding hydrogens is 394 g/mol. The van der Waals surface area contributed by atoms with Crippen LogP contribution < -0.4 is 9.47 Å². The molecule has 0 saturated heterocycles. The second kappa shape index (κ2) is 9.50. The van der Waals surface area contributed by atoms with Gasteiger partial charge in [-0.3, -0.25) is 4.57 Å². The summed E-state index contributed by atoms with van der Waals surface area (Å²) in [5.74, 6) is 3.03. The monoisotopic (exact) mass is 417 g/mol. The van der Waals surface area contributed by atoms with Gasteiger partial charge in [-0.05, 0) is 42.3 Å². The predicted octanol–water partition coefficient (Wildman–Crippen LogP) is 5.29. The van der Waals surface area contributed by atoms with Gasteiger partial charge in [0.15, 0.2) is 22.5 Å². The highest BCUT2D eigenvalue weighted by atomic mass is 32.2. The molecule has 0 aliphatic rings. The second-order valence-corrected chi connectivity index (χ2v) is 7.69. The predicted molar refractivity (Wildman–Crippen MR) is 121 cm³/mol. The van der Waals surface area contributed by atoms with Crippen LogP contribution in [0, 0.1) is 0 Å². The van der Waals surface area contributed by atoms with Gasteiger partial charge in [0, 0.05) is 17.0 Å². The van der Waals surface area contributed by atoms with Gasteiger partial charge in [0.25, 0.3) is 0 Å². The van der Waals surface area contributed by atoms with Gasteiger partial charge in [-0.2, -0.15) is 0 Å². The Bertz CT molecular complexity index is 1100. The Balaban J connectivity index is 1.68. The molecule has 5 nitrogen and oxygen atoms in total. The third-order valence-electron chi connectivity index (χ3n) is 4.75. The number of thioether (sulfide) groups is 1. The smallest absolute Gasteiger partial charge is 0.196 e. The Labute approximate surface area is 180 Å². The minimum absolute atomic E-state index is 0.663. The first-order valence-corrected chi connectivity index (χ1v) is 10.7. The van der Waals surface area contributed by atoms with E-state index >= 15 is 0 Å². The summed E-state index contributed by atoms with van der Waals surface area (Å²) < 4.78 is 12.9. The summed E-state index contributed by atoms with van der Waals surface area (Å²) >= 11 is 1.70. The van der Waals surface area contributed by atoms with Crippen LogP contribution >= 0.6 is 11.8 Å². The van der Waals surface area contributed by atoms with Crippen molar-refractivity contribution >= 4 is 11.8 Å². The lowest BCUT2D eigenvalue weighted by molar-refractivity contribution is 0.355. The summed E-state index contributed by atoms with van der Waals surface area (Å²) in [7, 11) is 3.26. The molecule has 3 aromatic carbocycles. The number of ether oxygens (including phenoxy) is 2. The van der Waals surface area contributed by atoms with E-state index in [2.05, 4.69) is 51.2 Å². The number of aryl methyl sites for hydroxylation is 1. The minimum atomic E-state index is 0.663. The normalized spacial score (nSPS) is 10.7. The minimum Gasteiger partial charge on any atom is -0.493 e. The van der Waals surface area contributed by atoms with Crippen LogP contribution in [0.5, 0.6) is 11.5 Å². The quantitative estimate of drug-likeness (QED) is 0.365. The SMILES string of the molecule is COc1ccc(-c2nnc(SCCc3ccccc3)n2-c2ccccc2)cc1OC. The van der Waals surface area contributed by atoms with Crippen molar-refractivity contribution in [3.05, 3.63) is 84.4 Å². The maximum absolute atomic E-state index is 5.48. The fourth-order valence-corrected chi connectivity index (χ4v) is 4.18. The summed E-state index contributed by atoms with van der Waals surface area (Å²) in [5.41, 5.74) is 3.25. The average Bonchev–Trinajstić information content (AvgIpc) is 3.23. The molecule has 152 valence electrons. The van der Waals surface area contributed by atoms with Crippen LogP contribution in [0.3, 0.4) is 0 Å². The Morgan fingerprint density at radius 1 is 0.800 bits per heavy atom. The molecule has 1 aromatic heterocycles. The highest BCUT2D eigenvalue weighted by Gasteiger charge is 2.17. The molecule has 0 fully saturated rings. The van der Waals surface area contributed by atoms with Gasteiger partial charge in [0.2, 0.25) is 0 Å². The topological polar surface area (TPSA) is 49.2 Å². The fourth-order valence-electron chi connectivity index (χ4n) is 3.24. The van der Waals surface area contributed by atoms with Crippen LogP contribution in [-0.4, -0.2) is 34.7 Å². The van der Waals surface area contributed by atoms with E-state index in [-0.39, 0.29) is 0 Å². The van der Waals surface area contributed by atoms with Gasteiger partial charge in [0.05, 0.1) is 14.2 Å². The molecule has 4 aromatic rings. The molecule has 0 radical (unpaired) electrons. The molecule has 0 amide bonds. The van der Waals surface area contributed by atoms with Gasteiger partial charge in [-0.25, -0.2) is 0 Å². The van der Waals surface area contributed by atoms with Crippen molar-refractivity contribution in [1.29, 1.82) is 0 Å². The van der Waals surface area contributed by atoms with E-state index in [1.165, 1.54) is 5.56 Å². The Hall–Kier alpha value is -3.25. The summed E-state index contributed by atoms with van der Waals surface area (Å²) in [4.78, 5) is 0. The number of benzene rings is 3. The molecule has 0 spiro atoms. The number of methoxy groups -OCH3 is 2. The molecule has 6 heteroatoms. The third kappa shape index (κ3) is 4.33. The number of rotatable bonds is 8. The number of para-hydroxylation sites is 1. The Morgan fingerprint density at radius 2 is 1.50 bits per heavy atom. The van der Waals surface area contributed by atoms with E-state index < -0.39 is 0 Å². The molecule has 0 saturated carbocycles. The molecule has 0 aliphatic carbocycles. The maximum Gasteiger partial charge on any atom is 0.196 e. The Kier molecular flexibility index (Phi) is 6.35. The van der Waals surface area contributed by atoms with E-state index in [9.17, 15) is 0 Å². The van der Waals surface area contributed by atoms with Crippen LogP contribution in [0.2, 0.25) is 0 Å². The standard InChI is InChI=1S/C24H23N3O2S/c1-28-21-14-13-19(17-22(21)29-2)23-25-26-24(27(23)20-11-7-4-8-12-20)30-16-15-18-9-5-3-6-10-18/h3-14,17H,15-16H2,1-2H3. The van der Waals surface area contributed by atoms with E-state index in [1.807, 2.05) is 42.5 Å². The highest BCUT2D eigenvalue weighted by Crippen LogP contribution is 2.34. The molecule has 0 unspecified atom stereocenters. The van der Waals surface area contributed by atoms with E-state index in [4.69, 9.17) is 9.47 Å². The lowest BCUT2D eigenvalue weighted by atomic mass is 10.2. The Morgan fingerprint density at radius 3 is 2.20 bits per heavy atom. The zero-order valence-electron chi connectivity index (χ0n) is 17.0. The molecule has 0 bridgehead atoms. The molecular formula is C24H23N3O2S. The van der Waals surface area contributed by atoms with Crippen LogP contribution in [0.1, 0.15) is 5.56 Å². The summed E-state index contributed by atoms with van der Waals surface area (Å²) in [5, 5.41) is 9.88. The largest absolute Gasteiger partial charge is 0.493 e. The highest BCUT2D eigenvalue weighted by molar-refractivity contribution is 7.99. The summed E-state index contributed by atoms with van der Waals surface area (Å²) in [6.07, 6.45) is 0.971. The average molecular weight is 418 g/mol. The molecule has 0 N–H and O–H groups in total. The van der Waals surface area contributed by atoms with Crippen LogP contribution in [0.25, 0.3) is 17.1 Å². The third-order valence-corrected chi connectivity index (χ3v) is 5.68.